The van der Waals surface area contributed by atoms with Crippen LogP contribution in [-0.4, -0.2) is 32.5 Å². The Bertz CT molecular complexity index is 1160. The molecular weight excluding hydrogens is 370 g/mol. The Kier molecular flexibility index (Phi) is 4.93. The highest BCUT2D eigenvalue weighted by Crippen LogP contribution is 2.25. The second-order valence-electron chi connectivity index (χ2n) is 6.17. The van der Waals surface area contributed by atoms with Crippen molar-refractivity contribution >= 4 is 46.0 Å². The molecule has 0 aliphatic heterocycles. The molecule has 2 heterocycles. The summed E-state index contributed by atoms with van der Waals surface area (Å²) in [4.78, 5) is 28.0. The molecule has 4 rings (SSSR count). The fourth-order valence-electron chi connectivity index (χ4n) is 2.77. The summed E-state index contributed by atoms with van der Waals surface area (Å²) in [6.07, 6.45) is 1.55. The molecule has 5 N–H and O–H groups in total. The van der Waals surface area contributed by atoms with E-state index in [1.807, 2.05) is 12.1 Å². The highest BCUT2D eigenvalue weighted by atomic mass is 16.5. The van der Waals surface area contributed by atoms with Gasteiger partial charge < -0.3 is 26.1 Å². The molecule has 146 valence electrons. The lowest BCUT2D eigenvalue weighted by Gasteiger charge is -2.10. The molecule has 0 bridgehead atoms. The number of H-pyrrole nitrogens is 1. The van der Waals surface area contributed by atoms with Gasteiger partial charge in [0, 0.05) is 17.1 Å². The van der Waals surface area contributed by atoms with Crippen LogP contribution in [0.4, 0.5) is 28.8 Å². The molecule has 0 unspecified atom stereocenters. The van der Waals surface area contributed by atoms with Crippen molar-refractivity contribution in [3.8, 4) is 0 Å². The number of aromatic nitrogens is 4. The summed E-state index contributed by atoms with van der Waals surface area (Å²) in [5.74, 6) is 0.550. The number of aromatic amines is 1. The predicted molar refractivity (Wildman–Crippen MR) is 112 cm³/mol. The average molecular weight is 389 g/mol. The third kappa shape index (κ3) is 4.08. The summed E-state index contributed by atoms with van der Waals surface area (Å²) in [7, 11) is 0. The average Bonchev–Trinajstić information content (AvgIpc) is 3.18. The van der Waals surface area contributed by atoms with Crippen LogP contribution in [0.15, 0.2) is 54.9 Å². The lowest BCUT2D eigenvalue weighted by Crippen LogP contribution is -2.05. The fourth-order valence-corrected chi connectivity index (χ4v) is 2.77. The molecule has 0 radical (unpaired) electrons. The van der Waals surface area contributed by atoms with Crippen LogP contribution in [-0.2, 0) is 4.74 Å². The number of ether oxygens (including phenoxy) is 1. The number of nitrogens with zero attached hydrogens (tertiary/aromatic N) is 3. The first-order valence-corrected chi connectivity index (χ1v) is 9.00. The van der Waals surface area contributed by atoms with Gasteiger partial charge in [-0.05, 0) is 49.4 Å². The Morgan fingerprint density at radius 3 is 2.69 bits per heavy atom. The van der Waals surface area contributed by atoms with Gasteiger partial charge in [-0.1, -0.05) is 6.07 Å². The van der Waals surface area contributed by atoms with Gasteiger partial charge in [-0.2, -0.15) is 9.97 Å². The minimum Gasteiger partial charge on any atom is -0.462 e. The summed E-state index contributed by atoms with van der Waals surface area (Å²) >= 11 is 0. The van der Waals surface area contributed by atoms with E-state index in [-0.39, 0.29) is 5.97 Å². The number of carbonyl (C=O) groups is 1. The highest BCUT2D eigenvalue weighted by Gasteiger charge is 2.12. The van der Waals surface area contributed by atoms with Gasteiger partial charge in [-0.3, -0.25) is 0 Å². The van der Waals surface area contributed by atoms with Crippen LogP contribution < -0.4 is 16.4 Å². The monoisotopic (exact) mass is 389 g/mol. The number of hydrogen-bond donors (Lipinski definition) is 4. The molecule has 4 aromatic rings. The number of rotatable bonds is 6. The number of imidazole rings is 1. The number of benzene rings is 2. The van der Waals surface area contributed by atoms with E-state index in [1.165, 1.54) is 0 Å². The fraction of sp³-hybridized carbons (Fsp3) is 0.100. The summed E-state index contributed by atoms with van der Waals surface area (Å²) in [5.41, 5.74) is 9.64. The number of nitrogen functional groups attached to an aromatic ring is 1. The van der Waals surface area contributed by atoms with Gasteiger partial charge in [0.2, 0.25) is 5.95 Å². The number of fused-ring (bicyclic) bond motifs is 1. The lowest BCUT2D eigenvalue weighted by molar-refractivity contribution is 0.0526. The second kappa shape index (κ2) is 7.85. The lowest BCUT2D eigenvalue weighted by atomic mass is 10.2. The quantitative estimate of drug-likeness (QED) is 0.291. The van der Waals surface area contributed by atoms with E-state index in [4.69, 9.17) is 10.5 Å². The molecule has 9 heteroatoms. The molecule has 9 nitrogen and oxygen atoms in total. The van der Waals surface area contributed by atoms with Gasteiger partial charge in [0.05, 0.1) is 18.5 Å². The van der Waals surface area contributed by atoms with Crippen molar-refractivity contribution in [2.75, 3.05) is 23.0 Å². The minimum absolute atomic E-state index is 0.333. The largest absolute Gasteiger partial charge is 0.462 e. The Morgan fingerprint density at radius 2 is 1.93 bits per heavy atom. The Hall–Kier alpha value is -4.14. The first-order chi connectivity index (χ1) is 14.1. The maximum Gasteiger partial charge on any atom is 0.338 e. The van der Waals surface area contributed by atoms with Crippen LogP contribution in [0.1, 0.15) is 17.3 Å². The van der Waals surface area contributed by atoms with Gasteiger partial charge in [0.15, 0.2) is 17.0 Å². The van der Waals surface area contributed by atoms with Crippen LogP contribution >= 0.6 is 0 Å². The van der Waals surface area contributed by atoms with E-state index in [0.717, 1.165) is 11.4 Å². The van der Waals surface area contributed by atoms with Gasteiger partial charge >= 0.3 is 5.97 Å². The molecule has 0 saturated heterocycles. The van der Waals surface area contributed by atoms with E-state index in [2.05, 4.69) is 30.6 Å². The smallest absolute Gasteiger partial charge is 0.338 e. The first-order valence-electron chi connectivity index (χ1n) is 9.00. The molecule has 0 saturated carbocycles. The van der Waals surface area contributed by atoms with Crippen molar-refractivity contribution in [3.63, 3.8) is 0 Å². The van der Waals surface area contributed by atoms with E-state index < -0.39 is 0 Å². The molecular formula is C20H19N7O2. The van der Waals surface area contributed by atoms with Gasteiger partial charge in [0.1, 0.15) is 0 Å². The standard InChI is InChI=1S/C20H19N7O2/c1-2-29-19(28)12-6-8-14(9-7-12)24-18-16-17(23-11-22-16)26-20(27-18)25-15-5-3-4-13(21)10-15/h3-11H,2,21H2,1H3,(H3,22,23,24,25,26,27). The Balaban J connectivity index is 1.61. The summed E-state index contributed by atoms with van der Waals surface area (Å²) in [6.45, 7) is 2.10. The maximum absolute atomic E-state index is 11.8. The summed E-state index contributed by atoms with van der Waals surface area (Å²) in [6, 6.07) is 14.2. The van der Waals surface area contributed by atoms with Crippen molar-refractivity contribution in [1.82, 2.24) is 19.9 Å². The highest BCUT2D eigenvalue weighted by molar-refractivity contribution is 5.90. The van der Waals surface area contributed by atoms with Gasteiger partial charge in [-0.25, -0.2) is 9.78 Å². The number of nitrogens with one attached hydrogen (secondary N) is 3. The van der Waals surface area contributed by atoms with Crippen molar-refractivity contribution in [1.29, 1.82) is 0 Å². The number of anilines is 5. The zero-order valence-corrected chi connectivity index (χ0v) is 15.6. The van der Waals surface area contributed by atoms with Crippen molar-refractivity contribution in [3.05, 3.63) is 60.4 Å². The second-order valence-corrected chi connectivity index (χ2v) is 6.17. The molecule has 2 aromatic carbocycles. The van der Waals surface area contributed by atoms with Crippen molar-refractivity contribution in [2.45, 2.75) is 6.92 Å². The van der Waals surface area contributed by atoms with Crippen LogP contribution in [0, 0.1) is 0 Å². The zero-order valence-electron chi connectivity index (χ0n) is 15.6. The van der Waals surface area contributed by atoms with E-state index >= 15 is 0 Å². The van der Waals surface area contributed by atoms with E-state index in [9.17, 15) is 4.79 Å². The van der Waals surface area contributed by atoms with Crippen LogP contribution in [0.2, 0.25) is 0 Å². The number of nitrogens with two attached hydrogens (primary N) is 1. The summed E-state index contributed by atoms with van der Waals surface area (Å²) in [5, 5.41) is 6.36. The molecule has 0 amide bonds. The van der Waals surface area contributed by atoms with Crippen molar-refractivity contribution in [2.24, 2.45) is 0 Å². The van der Waals surface area contributed by atoms with E-state index in [0.29, 0.717) is 40.8 Å². The third-order valence-corrected chi connectivity index (χ3v) is 4.08. The topological polar surface area (TPSA) is 131 Å². The number of hydrogen-bond acceptors (Lipinski definition) is 8. The Labute approximate surface area is 166 Å². The van der Waals surface area contributed by atoms with Gasteiger partial charge in [0.25, 0.3) is 0 Å². The predicted octanol–water partition coefficient (Wildman–Crippen LogP) is 3.60. The molecule has 29 heavy (non-hydrogen) atoms. The minimum atomic E-state index is -0.357. The summed E-state index contributed by atoms with van der Waals surface area (Å²) < 4.78 is 5.00. The number of carbonyl (C=O) groups excluding carboxylic acids is 1. The van der Waals surface area contributed by atoms with Crippen LogP contribution in [0.3, 0.4) is 0 Å². The maximum atomic E-state index is 11.8. The van der Waals surface area contributed by atoms with Crippen molar-refractivity contribution < 1.29 is 9.53 Å². The molecule has 0 atom stereocenters. The van der Waals surface area contributed by atoms with E-state index in [1.54, 1.807) is 49.6 Å². The molecule has 0 aliphatic carbocycles. The Morgan fingerprint density at radius 1 is 1.10 bits per heavy atom. The molecule has 2 aromatic heterocycles. The molecule has 0 fully saturated rings. The normalized spacial score (nSPS) is 10.7. The zero-order chi connectivity index (χ0) is 20.2. The SMILES string of the molecule is CCOC(=O)c1ccc(Nc2nc(Nc3cccc(N)c3)nc3[nH]cnc23)cc1. The third-order valence-electron chi connectivity index (χ3n) is 4.08. The molecule has 0 spiro atoms. The van der Waals surface area contributed by atoms with Gasteiger partial charge in [-0.15, -0.1) is 0 Å². The number of esters is 1. The molecule has 0 aliphatic rings. The van der Waals surface area contributed by atoms with Crippen LogP contribution in [0.25, 0.3) is 11.2 Å². The first kappa shape index (κ1) is 18.2. The van der Waals surface area contributed by atoms with Crippen LogP contribution in [0.5, 0.6) is 0 Å².